The molecule has 0 aromatic heterocycles. The van der Waals surface area contributed by atoms with Gasteiger partial charge in [-0.05, 0) is 62.9 Å². The molecule has 110 valence electrons. The van der Waals surface area contributed by atoms with Gasteiger partial charge < -0.3 is 5.32 Å². The molecule has 4 heteroatoms. The molecule has 1 aromatic carbocycles. The molecule has 0 bridgehead atoms. The van der Waals surface area contributed by atoms with Gasteiger partial charge in [-0.15, -0.1) is 0 Å². The van der Waals surface area contributed by atoms with E-state index in [0.29, 0.717) is 23.5 Å². The SMILES string of the molecule is Fc1ccc(Cl)cc1CN(CC1CCCNC1)C1CC1. The summed E-state index contributed by atoms with van der Waals surface area (Å²) in [5.41, 5.74) is 0.730. The Morgan fingerprint density at radius 3 is 2.85 bits per heavy atom. The first-order chi connectivity index (χ1) is 9.72. The molecule has 2 fully saturated rings. The van der Waals surface area contributed by atoms with Crippen LogP contribution < -0.4 is 5.32 Å². The number of nitrogens with one attached hydrogen (secondary N) is 1. The molecule has 1 saturated heterocycles. The molecular weight excluding hydrogens is 275 g/mol. The van der Waals surface area contributed by atoms with E-state index in [1.165, 1.54) is 31.7 Å². The van der Waals surface area contributed by atoms with Crippen molar-refractivity contribution in [2.45, 2.75) is 38.3 Å². The highest BCUT2D eigenvalue weighted by atomic mass is 35.5. The van der Waals surface area contributed by atoms with Crippen LogP contribution in [-0.2, 0) is 6.54 Å². The zero-order chi connectivity index (χ0) is 13.9. The van der Waals surface area contributed by atoms with Crippen LogP contribution in [0.2, 0.25) is 5.02 Å². The monoisotopic (exact) mass is 296 g/mol. The van der Waals surface area contributed by atoms with Crippen molar-refractivity contribution in [1.29, 1.82) is 0 Å². The molecule has 20 heavy (non-hydrogen) atoms. The van der Waals surface area contributed by atoms with Crippen LogP contribution in [0.25, 0.3) is 0 Å². The van der Waals surface area contributed by atoms with E-state index in [1.54, 1.807) is 12.1 Å². The van der Waals surface area contributed by atoms with Gasteiger partial charge in [0.1, 0.15) is 5.82 Å². The molecule has 1 heterocycles. The van der Waals surface area contributed by atoms with E-state index < -0.39 is 0 Å². The summed E-state index contributed by atoms with van der Waals surface area (Å²) in [4.78, 5) is 2.45. The Kier molecular flexibility index (Phi) is 4.59. The summed E-state index contributed by atoms with van der Waals surface area (Å²) in [7, 11) is 0. The molecule has 1 atom stereocenters. The van der Waals surface area contributed by atoms with Crippen LogP contribution in [-0.4, -0.2) is 30.6 Å². The highest BCUT2D eigenvalue weighted by Crippen LogP contribution is 2.30. The molecule has 2 aliphatic rings. The van der Waals surface area contributed by atoms with Crippen LogP contribution in [0.5, 0.6) is 0 Å². The summed E-state index contributed by atoms with van der Waals surface area (Å²) in [5, 5.41) is 4.08. The van der Waals surface area contributed by atoms with E-state index in [9.17, 15) is 4.39 Å². The van der Waals surface area contributed by atoms with Gasteiger partial charge in [-0.3, -0.25) is 4.90 Å². The molecule has 1 saturated carbocycles. The number of benzene rings is 1. The molecule has 3 rings (SSSR count). The molecule has 0 spiro atoms. The van der Waals surface area contributed by atoms with Crippen LogP contribution in [0, 0.1) is 11.7 Å². The Labute approximate surface area is 125 Å². The maximum Gasteiger partial charge on any atom is 0.127 e. The van der Waals surface area contributed by atoms with Gasteiger partial charge in [0.2, 0.25) is 0 Å². The normalized spacial score (nSPS) is 23.2. The van der Waals surface area contributed by atoms with Crippen molar-refractivity contribution in [3.05, 3.63) is 34.6 Å². The lowest BCUT2D eigenvalue weighted by Gasteiger charge is -2.30. The maximum absolute atomic E-state index is 13.9. The van der Waals surface area contributed by atoms with Gasteiger partial charge in [-0.25, -0.2) is 4.39 Å². The number of piperidine rings is 1. The van der Waals surface area contributed by atoms with Gasteiger partial charge in [-0.1, -0.05) is 11.6 Å². The Morgan fingerprint density at radius 2 is 2.15 bits per heavy atom. The Bertz CT molecular complexity index is 456. The van der Waals surface area contributed by atoms with Crippen molar-refractivity contribution in [3.63, 3.8) is 0 Å². The van der Waals surface area contributed by atoms with Crippen molar-refractivity contribution in [2.24, 2.45) is 5.92 Å². The zero-order valence-electron chi connectivity index (χ0n) is 11.7. The van der Waals surface area contributed by atoms with Gasteiger partial charge >= 0.3 is 0 Å². The number of halogens is 2. The summed E-state index contributed by atoms with van der Waals surface area (Å²) in [5.74, 6) is 0.563. The third kappa shape index (κ3) is 3.72. The number of hydrogen-bond donors (Lipinski definition) is 1. The van der Waals surface area contributed by atoms with E-state index in [4.69, 9.17) is 11.6 Å². The number of rotatable bonds is 5. The fraction of sp³-hybridized carbons (Fsp3) is 0.625. The molecule has 1 aliphatic carbocycles. The summed E-state index contributed by atoms with van der Waals surface area (Å²) >= 11 is 5.99. The van der Waals surface area contributed by atoms with E-state index in [0.717, 1.165) is 25.2 Å². The predicted octanol–water partition coefficient (Wildman–Crippen LogP) is 3.44. The average molecular weight is 297 g/mol. The van der Waals surface area contributed by atoms with Gasteiger partial charge in [0.05, 0.1) is 0 Å². The van der Waals surface area contributed by atoms with Crippen LogP contribution in [0.15, 0.2) is 18.2 Å². The third-order valence-corrected chi connectivity index (χ3v) is 4.57. The van der Waals surface area contributed by atoms with E-state index in [1.807, 2.05) is 0 Å². The third-order valence-electron chi connectivity index (χ3n) is 4.34. The molecule has 2 nitrogen and oxygen atoms in total. The molecule has 1 aliphatic heterocycles. The molecular formula is C16H22ClFN2. The first-order valence-corrected chi connectivity index (χ1v) is 7.99. The lowest BCUT2D eigenvalue weighted by molar-refractivity contribution is 0.191. The summed E-state index contributed by atoms with van der Waals surface area (Å²) in [6.45, 7) is 4.00. The summed E-state index contributed by atoms with van der Waals surface area (Å²) < 4.78 is 13.9. The topological polar surface area (TPSA) is 15.3 Å². The molecule has 1 aromatic rings. The highest BCUT2D eigenvalue weighted by molar-refractivity contribution is 6.30. The minimum Gasteiger partial charge on any atom is -0.316 e. The van der Waals surface area contributed by atoms with Crippen LogP contribution in [0.1, 0.15) is 31.2 Å². The van der Waals surface area contributed by atoms with E-state index in [-0.39, 0.29) is 5.82 Å². The van der Waals surface area contributed by atoms with E-state index in [2.05, 4.69) is 10.2 Å². The molecule has 0 radical (unpaired) electrons. The zero-order valence-corrected chi connectivity index (χ0v) is 12.5. The highest BCUT2D eigenvalue weighted by Gasteiger charge is 2.31. The van der Waals surface area contributed by atoms with Gasteiger partial charge in [-0.2, -0.15) is 0 Å². The molecule has 1 N–H and O–H groups in total. The fourth-order valence-electron chi connectivity index (χ4n) is 3.08. The quantitative estimate of drug-likeness (QED) is 0.895. The second kappa shape index (κ2) is 6.42. The van der Waals surface area contributed by atoms with Crippen molar-refractivity contribution in [1.82, 2.24) is 10.2 Å². The Morgan fingerprint density at radius 1 is 1.30 bits per heavy atom. The molecule has 1 unspecified atom stereocenters. The van der Waals surface area contributed by atoms with Crippen LogP contribution in [0.3, 0.4) is 0 Å². The fourth-order valence-corrected chi connectivity index (χ4v) is 3.27. The van der Waals surface area contributed by atoms with Crippen molar-refractivity contribution < 1.29 is 4.39 Å². The number of nitrogens with zero attached hydrogens (tertiary/aromatic N) is 1. The first kappa shape index (κ1) is 14.3. The average Bonchev–Trinajstić information content (AvgIpc) is 3.28. The van der Waals surface area contributed by atoms with Crippen molar-refractivity contribution in [2.75, 3.05) is 19.6 Å². The minimum absolute atomic E-state index is 0.137. The van der Waals surface area contributed by atoms with Crippen LogP contribution >= 0.6 is 11.6 Å². The van der Waals surface area contributed by atoms with E-state index >= 15 is 0 Å². The largest absolute Gasteiger partial charge is 0.316 e. The summed E-state index contributed by atoms with van der Waals surface area (Å²) in [6.07, 6.45) is 5.05. The van der Waals surface area contributed by atoms with Crippen LogP contribution in [0.4, 0.5) is 4.39 Å². The lowest BCUT2D eigenvalue weighted by Crippen LogP contribution is -2.39. The van der Waals surface area contributed by atoms with Gasteiger partial charge in [0.25, 0.3) is 0 Å². The lowest BCUT2D eigenvalue weighted by atomic mass is 9.98. The number of hydrogen-bond acceptors (Lipinski definition) is 2. The maximum atomic E-state index is 13.9. The second-order valence-electron chi connectivity index (χ2n) is 6.11. The Balaban J connectivity index is 1.66. The summed E-state index contributed by atoms with van der Waals surface area (Å²) in [6, 6.07) is 5.51. The smallest absolute Gasteiger partial charge is 0.127 e. The standard InChI is InChI=1S/C16H22ClFN2/c17-14-3-6-16(18)13(8-14)11-20(15-4-5-15)10-12-2-1-7-19-9-12/h3,6,8,12,15,19H,1-2,4-5,7,9-11H2. The predicted molar refractivity (Wildman–Crippen MR) is 80.4 cm³/mol. The minimum atomic E-state index is -0.137. The van der Waals surface area contributed by atoms with Crippen molar-refractivity contribution >= 4 is 11.6 Å². The Hall–Kier alpha value is -0.640. The second-order valence-corrected chi connectivity index (χ2v) is 6.55. The first-order valence-electron chi connectivity index (χ1n) is 7.61. The van der Waals surface area contributed by atoms with Gasteiger partial charge in [0, 0.05) is 29.7 Å². The molecule has 0 amide bonds. The van der Waals surface area contributed by atoms with Gasteiger partial charge in [0.15, 0.2) is 0 Å². The van der Waals surface area contributed by atoms with Crippen molar-refractivity contribution in [3.8, 4) is 0 Å².